The first-order valence-corrected chi connectivity index (χ1v) is 18.2. The van der Waals surface area contributed by atoms with Crippen LogP contribution in [0, 0.1) is 0 Å². The van der Waals surface area contributed by atoms with E-state index in [4.69, 9.17) is 0 Å². The number of nitrogens with one attached hydrogen (secondary N) is 2. The second-order valence-corrected chi connectivity index (χ2v) is 13.3. The highest BCUT2D eigenvalue weighted by molar-refractivity contribution is 6.27. The summed E-state index contributed by atoms with van der Waals surface area (Å²) in [5.41, 5.74) is 7.47. The van der Waals surface area contributed by atoms with Crippen molar-refractivity contribution in [3.63, 3.8) is 0 Å². The lowest BCUT2D eigenvalue weighted by Crippen LogP contribution is -1.96. The molecule has 6 aromatic rings. The van der Waals surface area contributed by atoms with E-state index in [9.17, 15) is 0 Å². The average Bonchev–Trinajstić information content (AvgIpc) is 3.09. The molecule has 0 heterocycles. The third-order valence-corrected chi connectivity index (χ3v) is 9.77. The monoisotopic (exact) mass is 608 g/mol. The zero-order valence-electron chi connectivity index (χ0n) is 28.1. The Balaban J connectivity index is 1.16. The molecule has 0 atom stereocenters. The Morgan fingerprint density at radius 3 is 1.15 bits per heavy atom. The minimum atomic E-state index is 1.14. The quantitative estimate of drug-likeness (QED) is 0.0749. The number of anilines is 4. The van der Waals surface area contributed by atoms with Crippen LogP contribution in [0.5, 0.6) is 0 Å². The highest BCUT2D eigenvalue weighted by Gasteiger charge is 2.14. The summed E-state index contributed by atoms with van der Waals surface area (Å²) < 4.78 is 0. The van der Waals surface area contributed by atoms with Crippen molar-refractivity contribution in [2.45, 2.75) is 104 Å². The maximum atomic E-state index is 3.75. The van der Waals surface area contributed by atoms with Crippen molar-refractivity contribution in [1.82, 2.24) is 0 Å². The molecule has 0 amide bonds. The van der Waals surface area contributed by atoms with Gasteiger partial charge >= 0.3 is 0 Å². The van der Waals surface area contributed by atoms with Crippen molar-refractivity contribution in [3.05, 3.63) is 108 Å². The zero-order chi connectivity index (χ0) is 31.6. The summed E-state index contributed by atoms with van der Waals surface area (Å²) in [6, 6.07) is 36.3. The van der Waals surface area contributed by atoms with E-state index in [2.05, 4.69) is 122 Å². The third-order valence-electron chi connectivity index (χ3n) is 9.77. The SMILES string of the molecule is CCCCCCCCc1ccc(Nc2ccc3ccc4ccc(Nc5ccc(CCCCCCCC)cc5)c5ccc2c3c45)cc1. The smallest absolute Gasteiger partial charge is 0.0464 e. The summed E-state index contributed by atoms with van der Waals surface area (Å²) in [5.74, 6) is 0. The lowest BCUT2D eigenvalue weighted by atomic mass is 9.92. The van der Waals surface area contributed by atoms with Gasteiger partial charge in [0.25, 0.3) is 0 Å². The fraction of sp³-hybridized carbons (Fsp3) is 0.364. The first-order chi connectivity index (χ1) is 22.7. The molecule has 0 fully saturated rings. The van der Waals surface area contributed by atoms with Gasteiger partial charge in [0.2, 0.25) is 0 Å². The van der Waals surface area contributed by atoms with E-state index in [0.29, 0.717) is 0 Å². The number of aryl methyl sites for hydroxylation is 2. The van der Waals surface area contributed by atoms with Crippen molar-refractivity contribution < 1.29 is 0 Å². The number of hydrogen-bond donors (Lipinski definition) is 2. The Hall–Kier alpha value is -4.04. The van der Waals surface area contributed by atoms with Crippen molar-refractivity contribution in [3.8, 4) is 0 Å². The summed E-state index contributed by atoms with van der Waals surface area (Å²) in [6.07, 6.45) is 18.4. The lowest BCUT2D eigenvalue weighted by Gasteiger charge is -2.18. The fourth-order valence-electron chi connectivity index (χ4n) is 7.06. The predicted octanol–water partition coefficient (Wildman–Crippen LogP) is 13.9. The van der Waals surface area contributed by atoms with Crippen LogP contribution in [0.1, 0.15) is 102 Å². The molecule has 0 aromatic heterocycles. The molecule has 6 rings (SSSR count). The van der Waals surface area contributed by atoms with Gasteiger partial charge < -0.3 is 10.6 Å². The van der Waals surface area contributed by atoms with Gasteiger partial charge in [0.1, 0.15) is 0 Å². The molecule has 2 nitrogen and oxygen atoms in total. The van der Waals surface area contributed by atoms with E-state index in [-0.39, 0.29) is 0 Å². The first-order valence-electron chi connectivity index (χ1n) is 18.2. The lowest BCUT2D eigenvalue weighted by molar-refractivity contribution is 0.607. The number of benzene rings is 6. The minimum absolute atomic E-state index is 1.14. The highest BCUT2D eigenvalue weighted by atomic mass is 14.9. The molecule has 238 valence electrons. The van der Waals surface area contributed by atoms with Gasteiger partial charge in [-0.05, 0) is 94.8 Å². The summed E-state index contributed by atoms with van der Waals surface area (Å²) in [4.78, 5) is 0. The van der Waals surface area contributed by atoms with Crippen LogP contribution in [0.4, 0.5) is 22.7 Å². The molecule has 46 heavy (non-hydrogen) atoms. The van der Waals surface area contributed by atoms with Gasteiger partial charge in [0, 0.05) is 33.5 Å². The van der Waals surface area contributed by atoms with Crippen LogP contribution in [0.25, 0.3) is 32.3 Å². The Morgan fingerprint density at radius 1 is 0.370 bits per heavy atom. The van der Waals surface area contributed by atoms with Crippen molar-refractivity contribution in [1.29, 1.82) is 0 Å². The number of hydrogen-bond acceptors (Lipinski definition) is 2. The maximum absolute atomic E-state index is 3.75. The Bertz CT molecular complexity index is 1660. The van der Waals surface area contributed by atoms with Gasteiger partial charge in [-0.15, -0.1) is 0 Å². The fourth-order valence-corrected chi connectivity index (χ4v) is 7.06. The van der Waals surface area contributed by atoms with Gasteiger partial charge in [-0.3, -0.25) is 0 Å². The second kappa shape index (κ2) is 16.0. The Morgan fingerprint density at radius 2 is 0.739 bits per heavy atom. The van der Waals surface area contributed by atoms with Crippen molar-refractivity contribution >= 4 is 55.1 Å². The van der Waals surface area contributed by atoms with Crippen LogP contribution in [-0.2, 0) is 12.8 Å². The standard InChI is InChI=1S/C44H52N2/c1-3-5-7-9-11-13-15-33-17-25-37(26-18-33)45-41-31-23-35-21-22-36-24-32-42(40-30-29-39(41)43(35)44(36)40)46-38-27-19-34(20-28-38)16-14-12-10-8-6-4-2/h17-32,45-46H,3-16H2,1-2H3. The summed E-state index contributed by atoms with van der Waals surface area (Å²) in [5, 5.41) is 15.3. The van der Waals surface area contributed by atoms with Crippen LogP contribution in [0.3, 0.4) is 0 Å². The number of unbranched alkanes of at least 4 members (excludes halogenated alkanes) is 10. The summed E-state index contributed by atoms with van der Waals surface area (Å²) >= 11 is 0. The molecule has 6 aromatic carbocycles. The maximum Gasteiger partial charge on any atom is 0.0464 e. The third kappa shape index (κ3) is 7.84. The molecule has 0 saturated carbocycles. The predicted molar refractivity (Wildman–Crippen MR) is 204 cm³/mol. The van der Waals surface area contributed by atoms with Gasteiger partial charge in [-0.25, -0.2) is 0 Å². The van der Waals surface area contributed by atoms with Gasteiger partial charge in [0.15, 0.2) is 0 Å². The van der Waals surface area contributed by atoms with Gasteiger partial charge in [-0.2, -0.15) is 0 Å². The molecule has 0 radical (unpaired) electrons. The van der Waals surface area contributed by atoms with E-state index in [1.54, 1.807) is 0 Å². The molecule has 0 saturated heterocycles. The van der Waals surface area contributed by atoms with Gasteiger partial charge in [-0.1, -0.05) is 139 Å². The summed E-state index contributed by atoms with van der Waals surface area (Å²) in [6.45, 7) is 4.56. The second-order valence-electron chi connectivity index (χ2n) is 13.3. The zero-order valence-corrected chi connectivity index (χ0v) is 28.1. The first kappa shape index (κ1) is 31.9. The highest BCUT2D eigenvalue weighted by Crippen LogP contribution is 2.41. The van der Waals surface area contributed by atoms with E-state index >= 15 is 0 Å². The van der Waals surface area contributed by atoms with E-state index in [1.807, 2.05) is 0 Å². The van der Waals surface area contributed by atoms with Crippen LogP contribution in [0.15, 0.2) is 97.1 Å². The van der Waals surface area contributed by atoms with Gasteiger partial charge in [0.05, 0.1) is 0 Å². The molecule has 0 spiro atoms. The molecule has 0 aliphatic rings. The molecule has 0 unspecified atom stereocenters. The largest absolute Gasteiger partial charge is 0.355 e. The van der Waals surface area contributed by atoms with Crippen LogP contribution < -0.4 is 10.6 Å². The van der Waals surface area contributed by atoms with Crippen LogP contribution >= 0.6 is 0 Å². The molecular weight excluding hydrogens is 556 g/mol. The molecule has 2 heteroatoms. The minimum Gasteiger partial charge on any atom is -0.355 e. The molecular formula is C44H52N2. The summed E-state index contributed by atoms with van der Waals surface area (Å²) in [7, 11) is 0. The Labute approximate surface area is 277 Å². The molecule has 0 bridgehead atoms. The topological polar surface area (TPSA) is 24.1 Å². The number of rotatable bonds is 18. The molecule has 0 aliphatic carbocycles. The average molecular weight is 609 g/mol. The van der Waals surface area contributed by atoms with E-state index in [0.717, 1.165) is 22.7 Å². The van der Waals surface area contributed by atoms with Crippen molar-refractivity contribution in [2.75, 3.05) is 10.6 Å². The molecule has 2 N–H and O–H groups in total. The Kier molecular flexibility index (Phi) is 11.1. The van der Waals surface area contributed by atoms with Crippen LogP contribution in [0.2, 0.25) is 0 Å². The van der Waals surface area contributed by atoms with Crippen molar-refractivity contribution in [2.24, 2.45) is 0 Å². The normalized spacial score (nSPS) is 11.6. The van der Waals surface area contributed by atoms with E-state index in [1.165, 1.54) is 133 Å². The van der Waals surface area contributed by atoms with E-state index < -0.39 is 0 Å². The molecule has 0 aliphatic heterocycles. The van der Waals surface area contributed by atoms with Crippen LogP contribution in [-0.4, -0.2) is 0 Å².